The molecule has 0 spiro atoms. The van der Waals surface area contributed by atoms with E-state index in [0.717, 1.165) is 5.56 Å². The molecule has 1 rings (SSSR count). The molecule has 0 aliphatic carbocycles. The minimum absolute atomic E-state index is 0.0112. The summed E-state index contributed by atoms with van der Waals surface area (Å²) in [5.41, 5.74) is 1.11. The third-order valence-electron chi connectivity index (χ3n) is 2.56. The number of nitrogens with one attached hydrogen (secondary N) is 2. The van der Waals surface area contributed by atoms with Crippen molar-refractivity contribution in [2.24, 2.45) is 0 Å². The monoisotopic (exact) mass is 264 g/mol. The Labute approximate surface area is 113 Å². The first kappa shape index (κ1) is 15.2. The minimum Gasteiger partial charge on any atom is -0.383 e. The highest BCUT2D eigenvalue weighted by molar-refractivity contribution is 5.84. The van der Waals surface area contributed by atoms with Gasteiger partial charge in [0.2, 0.25) is 11.8 Å². The van der Waals surface area contributed by atoms with Gasteiger partial charge in [-0.05, 0) is 12.0 Å². The number of hydrogen-bond acceptors (Lipinski definition) is 3. The average Bonchev–Trinajstić information content (AvgIpc) is 2.44. The van der Waals surface area contributed by atoms with Gasteiger partial charge in [0.05, 0.1) is 13.2 Å². The highest BCUT2D eigenvalue weighted by Gasteiger charge is 2.05. The lowest BCUT2D eigenvalue weighted by Gasteiger charge is -2.06. The summed E-state index contributed by atoms with van der Waals surface area (Å²) in [6, 6.07) is 9.77. The molecule has 0 aromatic heterocycles. The van der Waals surface area contributed by atoms with E-state index in [0.29, 0.717) is 26.0 Å². The summed E-state index contributed by atoms with van der Waals surface area (Å²) in [4.78, 5) is 22.9. The van der Waals surface area contributed by atoms with Crippen LogP contribution in [0.4, 0.5) is 0 Å². The lowest BCUT2D eigenvalue weighted by molar-refractivity contribution is -0.126. The molecule has 0 atom stereocenters. The lowest BCUT2D eigenvalue weighted by atomic mass is 10.1. The van der Waals surface area contributed by atoms with Crippen molar-refractivity contribution in [1.82, 2.24) is 10.6 Å². The van der Waals surface area contributed by atoms with Gasteiger partial charge in [-0.1, -0.05) is 30.3 Å². The van der Waals surface area contributed by atoms with Crippen LogP contribution in [0.5, 0.6) is 0 Å². The van der Waals surface area contributed by atoms with Crippen molar-refractivity contribution < 1.29 is 14.3 Å². The molecule has 0 aliphatic heterocycles. The number of amides is 2. The SMILES string of the molecule is COCCNC(=O)CNC(=O)CCc1ccccc1. The number of carbonyl (C=O) groups is 2. The van der Waals surface area contributed by atoms with Gasteiger partial charge in [-0.25, -0.2) is 0 Å². The maximum atomic E-state index is 11.5. The molecule has 0 heterocycles. The first-order valence-electron chi connectivity index (χ1n) is 6.28. The lowest BCUT2D eigenvalue weighted by Crippen LogP contribution is -2.38. The number of hydrogen-bond donors (Lipinski definition) is 2. The topological polar surface area (TPSA) is 67.4 Å². The van der Waals surface area contributed by atoms with Gasteiger partial charge in [0, 0.05) is 20.1 Å². The third-order valence-corrected chi connectivity index (χ3v) is 2.56. The Morgan fingerprint density at radius 1 is 1.11 bits per heavy atom. The van der Waals surface area contributed by atoms with E-state index in [1.54, 1.807) is 7.11 Å². The van der Waals surface area contributed by atoms with E-state index in [-0.39, 0.29) is 18.4 Å². The van der Waals surface area contributed by atoms with E-state index in [9.17, 15) is 9.59 Å². The zero-order valence-corrected chi connectivity index (χ0v) is 11.1. The van der Waals surface area contributed by atoms with Crippen LogP contribution in [0.2, 0.25) is 0 Å². The Morgan fingerprint density at radius 3 is 2.53 bits per heavy atom. The Kier molecular flexibility index (Phi) is 7.27. The Morgan fingerprint density at radius 2 is 1.84 bits per heavy atom. The summed E-state index contributed by atoms with van der Waals surface area (Å²) in [5, 5.41) is 5.22. The molecule has 5 heteroatoms. The van der Waals surface area contributed by atoms with E-state index in [4.69, 9.17) is 4.74 Å². The molecule has 19 heavy (non-hydrogen) atoms. The van der Waals surface area contributed by atoms with Crippen molar-refractivity contribution in [3.63, 3.8) is 0 Å². The molecule has 1 aromatic carbocycles. The highest BCUT2D eigenvalue weighted by Crippen LogP contribution is 2.01. The van der Waals surface area contributed by atoms with Gasteiger partial charge in [-0.3, -0.25) is 9.59 Å². The molecule has 0 bridgehead atoms. The summed E-state index contributed by atoms with van der Waals surface area (Å²) in [7, 11) is 1.57. The molecule has 1 aromatic rings. The van der Waals surface area contributed by atoms with Crippen molar-refractivity contribution in [3.8, 4) is 0 Å². The minimum atomic E-state index is -0.204. The third kappa shape index (κ3) is 7.21. The number of ether oxygens (including phenoxy) is 1. The second-order valence-electron chi connectivity index (χ2n) is 4.11. The van der Waals surface area contributed by atoms with Gasteiger partial charge < -0.3 is 15.4 Å². The Bertz CT molecular complexity index is 393. The second kappa shape index (κ2) is 9.10. The van der Waals surface area contributed by atoms with E-state index in [1.165, 1.54) is 0 Å². The maximum Gasteiger partial charge on any atom is 0.239 e. The molecule has 0 radical (unpaired) electrons. The molecular weight excluding hydrogens is 244 g/mol. The number of benzene rings is 1. The molecule has 0 saturated carbocycles. The fourth-order valence-corrected chi connectivity index (χ4v) is 1.52. The number of rotatable bonds is 8. The Balaban J connectivity index is 2.12. The summed E-state index contributed by atoms with van der Waals surface area (Å²) in [6.45, 7) is 0.931. The molecular formula is C14H20N2O3. The molecule has 0 unspecified atom stereocenters. The molecule has 104 valence electrons. The Hall–Kier alpha value is -1.88. The van der Waals surface area contributed by atoms with Gasteiger partial charge in [-0.2, -0.15) is 0 Å². The van der Waals surface area contributed by atoms with Crippen LogP contribution in [-0.4, -0.2) is 38.6 Å². The van der Waals surface area contributed by atoms with Gasteiger partial charge in [0.25, 0.3) is 0 Å². The normalized spacial score (nSPS) is 9.95. The summed E-state index contributed by atoms with van der Waals surface area (Å²) >= 11 is 0. The zero-order valence-electron chi connectivity index (χ0n) is 11.1. The highest BCUT2D eigenvalue weighted by atomic mass is 16.5. The first-order chi connectivity index (χ1) is 9.22. The molecule has 5 nitrogen and oxygen atoms in total. The van der Waals surface area contributed by atoms with Crippen LogP contribution in [0.25, 0.3) is 0 Å². The van der Waals surface area contributed by atoms with Gasteiger partial charge in [-0.15, -0.1) is 0 Å². The maximum absolute atomic E-state index is 11.5. The average molecular weight is 264 g/mol. The largest absolute Gasteiger partial charge is 0.383 e. The van der Waals surface area contributed by atoms with Crippen LogP contribution in [0.15, 0.2) is 30.3 Å². The quantitative estimate of drug-likeness (QED) is 0.672. The van der Waals surface area contributed by atoms with Crippen molar-refractivity contribution >= 4 is 11.8 Å². The van der Waals surface area contributed by atoms with E-state index in [2.05, 4.69) is 10.6 Å². The predicted octanol–water partition coefficient (Wildman–Crippen LogP) is 0.498. The predicted molar refractivity (Wildman–Crippen MR) is 72.7 cm³/mol. The van der Waals surface area contributed by atoms with Crippen molar-refractivity contribution in [1.29, 1.82) is 0 Å². The van der Waals surface area contributed by atoms with Crippen molar-refractivity contribution in [2.45, 2.75) is 12.8 Å². The van der Waals surface area contributed by atoms with Crippen LogP contribution >= 0.6 is 0 Å². The van der Waals surface area contributed by atoms with E-state index < -0.39 is 0 Å². The molecule has 0 saturated heterocycles. The second-order valence-corrected chi connectivity index (χ2v) is 4.11. The molecule has 0 fully saturated rings. The van der Waals surface area contributed by atoms with Gasteiger partial charge >= 0.3 is 0 Å². The molecule has 2 N–H and O–H groups in total. The van der Waals surface area contributed by atoms with Crippen LogP contribution < -0.4 is 10.6 Å². The smallest absolute Gasteiger partial charge is 0.239 e. The number of methoxy groups -OCH3 is 1. The van der Waals surface area contributed by atoms with Gasteiger partial charge in [0.15, 0.2) is 0 Å². The number of carbonyl (C=O) groups excluding carboxylic acids is 2. The molecule has 2 amide bonds. The van der Waals surface area contributed by atoms with E-state index >= 15 is 0 Å². The van der Waals surface area contributed by atoms with Crippen LogP contribution in [-0.2, 0) is 20.7 Å². The van der Waals surface area contributed by atoms with Crippen LogP contribution in [0.3, 0.4) is 0 Å². The summed E-state index contributed by atoms with van der Waals surface area (Å²) in [6.07, 6.45) is 1.06. The van der Waals surface area contributed by atoms with Gasteiger partial charge in [0.1, 0.15) is 0 Å². The van der Waals surface area contributed by atoms with E-state index in [1.807, 2.05) is 30.3 Å². The number of aryl methyl sites for hydroxylation is 1. The fraction of sp³-hybridized carbons (Fsp3) is 0.429. The van der Waals surface area contributed by atoms with Crippen molar-refractivity contribution in [3.05, 3.63) is 35.9 Å². The summed E-state index contributed by atoms with van der Waals surface area (Å²) in [5.74, 6) is -0.323. The van der Waals surface area contributed by atoms with Crippen LogP contribution in [0.1, 0.15) is 12.0 Å². The fourth-order valence-electron chi connectivity index (χ4n) is 1.52. The van der Waals surface area contributed by atoms with Crippen molar-refractivity contribution in [2.75, 3.05) is 26.8 Å². The first-order valence-corrected chi connectivity index (χ1v) is 6.28. The van der Waals surface area contributed by atoms with Crippen LogP contribution in [0, 0.1) is 0 Å². The molecule has 0 aliphatic rings. The standard InChI is InChI=1S/C14H20N2O3/c1-19-10-9-15-14(18)11-16-13(17)8-7-12-5-3-2-4-6-12/h2-6H,7-11H2,1H3,(H,15,18)(H,16,17). The zero-order chi connectivity index (χ0) is 13.9. The summed E-state index contributed by atoms with van der Waals surface area (Å²) < 4.78 is 4.80.